The fourth-order valence-corrected chi connectivity index (χ4v) is 3.76. The Morgan fingerprint density at radius 2 is 1.96 bits per heavy atom. The van der Waals surface area contributed by atoms with Gasteiger partial charge in [0.1, 0.15) is 4.83 Å². The molecule has 0 aliphatic heterocycles. The maximum absolute atomic E-state index is 12.6. The molecule has 0 radical (unpaired) electrons. The minimum Gasteiger partial charge on any atom is -0.320 e. The molecular formula is C19H16N4OS. The highest BCUT2D eigenvalue weighted by Gasteiger charge is 2.17. The van der Waals surface area contributed by atoms with Crippen molar-refractivity contribution in [1.82, 2.24) is 14.8 Å². The van der Waals surface area contributed by atoms with E-state index in [-0.39, 0.29) is 5.91 Å². The Morgan fingerprint density at radius 1 is 1.16 bits per heavy atom. The normalized spacial score (nSPS) is 11.0. The van der Waals surface area contributed by atoms with E-state index in [1.807, 2.05) is 61.0 Å². The molecule has 25 heavy (non-hydrogen) atoms. The molecule has 4 rings (SSSR count). The summed E-state index contributed by atoms with van der Waals surface area (Å²) >= 11 is 1.44. The smallest absolute Gasteiger partial charge is 0.265 e. The molecule has 0 spiro atoms. The van der Waals surface area contributed by atoms with E-state index in [0.29, 0.717) is 4.88 Å². The molecule has 0 unspecified atom stereocenters. The molecule has 4 aromatic rings. The molecule has 0 atom stereocenters. The largest absolute Gasteiger partial charge is 0.320 e. The summed E-state index contributed by atoms with van der Waals surface area (Å²) in [7, 11) is 0. The number of anilines is 1. The number of nitrogens with one attached hydrogen (secondary N) is 1. The lowest BCUT2D eigenvalue weighted by atomic mass is 10.2. The van der Waals surface area contributed by atoms with Crippen molar-refractivity contribution in [2.24, 2.45) is 0 Å². The summed E-state index contributed by atoms with van der Waals surface area (Å²) in [6, 6.07) is 13.7. The van der Waals surface area contributed by atoms with Crippen molar-refractivity contribution in [3.8, 4) is 5.69 Å². The van der Waals surface area contributed by atoms with Crippen molar-refractivity contribution < 1.29 is 4.79 Å². The molecule has 0 aliphatic rings. The first-order chi connectivity index (χ1) is 12.1. The van der Waals surface area contributed by atoms with Crippen LogP contribution in [0.2, 0.25) is 0 Å². The van der Waals surface area contributed by atoms with Gasteiger partial charge in [0, 0.05) is 11.6 Å². The number of pyridine rings is 1. The maximum Gasteiger partial charge on any atom is 0.265 e. The minimum atomic E-state index is -0.128. The van der Waals surface area contributed by atoms with Gasteiger partial charge >= 0.3 is 0 Å². The molecule has 0 bridgehead atoms. The van der Waals surface area contributed by atoms with E-state index in [1.54, 1.807) is 12.4 Å². The van der Waals surface area contributed by atoms with Crippen molar-refractivity contribution in [2.75, 3.05) is 5.32 Å². The first-order valence-electron chi connectivity index (χ1n) is 7.90. The number of hydrogen-bond acceptors (Lipinski definition) is 4. The number of para-hydroxylation sites is 1. The van der Waals surface area contributed by atoms with Crippen molar-refractivity contribution in [2.45, 2.75) is 13.8 Å². The van der Waals surface area contributed by atoms with Crippen molar-refractivity contribution >= 4 is 33.1 Å². The number of carbonyl (C=O) groups excluding carboxylic acids is 1. The van der Waals surface area contributed by atoms with Crippen LogP contribution in [0, 0.1) is 13.8 Å². The quantitative estimate of drug-likeness (QED) is 0.599. The number of nitrogens with zero attached hydrogens (tertiary/aromatic N) is 3. The molecular weight excluding hydrogens is 332 g/mol. The van der Waals surface area contributed by atoms with Crippen molar-refractivity contribution in [3.05, 3.63) is 71.0 Å². The second-order valence-electron chi connectivity index (χ2n) is 5.81. The first-order valence-corrected chi connectivity index (χ1v) is 8.71. The number of fused-ring (bicyclic) bond motifs is 1. The zero-order valence-electron chi connectivity index (χ0n) is 13.9. The van der Waals surface area contributed by atoms with Gasteiger partial charge in [-0.25, -0.2) is 4.68 Å². The molecule has 0 saturated carbocycles. The Hall–Kier alpha value is -2.99. The minimum absolute atomic E-state index is 0.128. The third-order valence-corrected chi connectivity index (χ3v) is 5.17. The SMILES string of the molecule is Cc1ccncc1NC(=O)c1cc2c(C)nn(-c3ccccc3)c2s1. The lowest BCUT2D eigenvalue weighted by Gasteiger charge is -2.06. The van der Waals surface area contributed by atoms with Crippen LogP contribution >= 0.6 is 11.3 Å². The van der Waals surface area contributed by atoms with Crippen LogP contribution in [0.3, 0.4) is 0 Å². The van der Waals surface area contributed by atoms with Crippen molar-refractivity contribution in [1.29, 1.82) is 0 Å². The molecule has 1 amide bonds. The number of aromatic nitrogens is 3. The fraction of sp³-hybridized carbons (Fsp3) is 0.105. The zero-order chi connectivity index (χ0) is 17.4. The second kappa shape index (κ2) is 6.14. The van der Waals surface area contributed by atoms with Crippen LogP contribution in [-0.2, 0) is 0 Å². The van der Waals surface area contributed by atoms with Crippen LogP contribution in [0.5, 0.6) is 0 Å². The van der Waals surface area contributed by atoms with Crippen LogP contribution in [0.1, 0.15) is 20.9 Å². The fourth-order valence-electron chi connectivity index (χ4n) is 2.68. The van der Waals surface area contributed by atoms with Gasteiger partial charge in [0.2, 0.25) is 0 Å². The highest BCUT2D eigenvalue weighted by molar-refractivity contribution is 7.20. The van der Waals surface area contributed by atoms with Gasteiger partial charge in [-0.05, 0) is 43.7 Å². The van der Waals surface area contributed by atoms with E-state index < -0.39 is 0 Å². The van der Waals surface area contributed by atoms with Gasteiger partial charge in [0.15, 0.2) is 0 Å². The van der Waals surface area contributed by atoms with Crippen LogP contribution in [0.4, 0.5) is 5.69 Å². The Balaban J connectivity index is 1.72. The summed E-state index contributed by atoms with van der Waals surface area (Å²) in [4.78, 5) is 18.3. The van der Waals surface area contributed by atoms with Crippen LogP contribution in [0.25, 0.3) is 15.9 Å². The standard InChI is InChI=1S/C19H16N4OS/c1-12-8-9-20-11-16(12)21-18(24)17-10-15-13(2)22-23(19(15)25-17)14-6-4-3-5-7-14/h3-11H,1-2H3,(H,21,24). The molecule has 0 fully saturated rings. The van der Waals surface area contributed by atoms with E-state index in [0.717, 1.165) is 32.8 Å². The lowest BCUT2D eigenvalue weighted by Crippen LogP contribution is -2.11. The number of carbonyl (C=O) groups is 1. The Labute approximate surface area is 149 Å². The van der Waals surface area contributed by atoms with Gasteiger partial charge in [0.05, 0.1) is 28.1 Å². The predicted octanol–water partition coefficient (Wildman–Crippen LogP) is 4.35. The second-order valence-corrected chi connectivity index (χ2v) is 6.84. The summed E-state index contributed by atoms with van der Waals surface area (Å²) in [5.41, 5.74) is 3.60. The van der Waals surface area contributed by atoms with Crippen LogP contribution in [-0.4, -0.2) is 20.7 Å². The van der Waals surface area contributed by atoms with Crippen LogP contribution in [0.15, 0.2) is 54.9 Å². The third-order valence-electron chi connectivity index (χ3n) is 4.06. The highest BCUT2D eigenvalue weighted by atomic mass is 32.1. The monoisotopic (exact) mass is 348 g/mol. The molecule has 3 aromatic heterocycles. The maximum atomic E-state index is 12.6. The number of thiophene rings is 1. The number of hydrogen-bond donors (Lipinski definition) is 1. The van der Waals surface area contributed by atoms with E-state index in [1.165, 1.54) is 11.3 Å². The van der Waals surface area contributed by atoms with E-state index >= 15 is 0 Å². The molecule has 1 aromatic carbocycles. The molecule has 6 heteroatoms. The van der Waals surface area contributed by atoms with E-state index in [4.69, 9.17) is 0 Å². The Morgan fingerprint density at radius 3 is 2.72 bits per heavy atom. The summed E-state index contributed by atoms with van der Waals surface area (Å²) < 4.78 is 1.89. The number of rotatable bonds is 3. The van der Waals surface area contributed by atoms with Crippen molar-refractivity contribution in [3.63, 3.8) is 0 Å². The Bertz CT molecular complexity index is 1070. The lowest BCUT2D eigenvalue weighted by molar-refractivity contribution is 0.103. The molecule has 0 saturated heterocycles. The molecule has 0 aliphatic carbocycles. The molecule has 1 N–H and O–H groups in total. The van der Waals surface area contributed by atoms with Gasteiger partial charge in [-0.1, -0.05) is 18.2 Å². The van der Waals surface area contributed by atoms with Gasteiger partial charge in [-0.2, -0.15) is 5.10 Å². The average Bonchev–Trinajstić information content (AvgIpc) is 3.19. The topological polar surface area (TPSA) is 59.8 Å². The summed E-state index contributed by atoms with van der Waals surface area (Å²) in [5.74, 6) is -0.128. The first kappa shape index (κ1) is 15.5. The average molecular weight is 348 g/mol. The number of amides is 1. The third kappa shape index (κ3) is 2.81. The van der Waals surface area contributed by atoms with Gasteiger partial charge < -0.3 is 5.32 Å². The zero-order valence-corrected chi connectivity index (χ0v) is 14.7. The molecule has 124 valence electrons. The van der Waals surface area contributed by atoms with Gasteiger partial charge in [0.25, 0.3) is 5.91 Å². The number of benzene rings is 1. The molecule has 5 nitrogen and oxygen atoms in total. The van der Waals surface area contributed by atoms with E-state index in [9.17, 15) is 4.79 Å². The summed E-state index contributed by atoms with van der Waals surface area (Å²) in [5, 5.41) is 8.54. The van der Waals surface area contributed by atoms with E-state index in [2.05, 4.69) is 15.4 Å². The Kier molecular flexibility index (Phi) is 3.82. The van der Waals surface area contributed by atoms with Gasteiger partial charge in [-0.15, -0.1) is 11.3 Å². The highest BCUT2D eigenvalue weighted by Crippen LogP contribution is 2.31. The number of aryl methyl sites for hydroxylation is 2. The summed E-state index contributed by atoms with van der Waals surface area (Å²) in [6.45, 7) is 3.90. The van der Waals surface area contributed by atoms with Gasteiger partial charge in [-0.3, -0.25) is 9.78 Å². The summed E-state index contributed by atoms with van der Waals surface area (Å²) in [6.07, 6.45) is 3.37. The molecule has 3 heterocycles. The predicted molar refractivity (Wildman–Crippen MR) is 101 cm³/mol. The van der Waals surface area contributed by atoms with Crippen LogP contribution < -0.4 is 5.32 Å².